The van der Waals surface area contributed by atoms with Gasteiger partial charge in [-0.3, -0.25) is 9.98 Å². The average molecular weight is 284 g/mol. The Labute approximate surface area is 125 Å². The summed E-state index contributed by atoms with van der Waals surface area (Å²) in [4.78, 5) is 8.36. The van der Waals surface area contributed by atoms with E-state index < -0.39 is 0 Å². The van der Waals surface area contributed by atoms with Crippen molar-refractivity contribution in [3.8, 4) is 5.75 Å². The number of aliphatic imine (C=N–C) groups is 2. The third-order valence-corrected chi connectivity index (χ3v) is 2.60. The molecule has 0 aliphatic heterocycles. The number of nitrogens with zero attached hydrogens (tertiary/aromatic N) is 2. The van der Waals surface area contributed by atoms with E-state index in [1.807, 2.05) is 13.0 Å². The van der Waals surface area contributed by atoms with Crippen molar-refractivity contribution in [2.75, 3.05) is 13.1 Å². The van der Waals surface area contributed by atoms with Crippen LogP contribution in [0.3, 0.4) is 0 Å². The molecule has 0 saturated heterocycles. The minimum Gasteiger partial charge on any atom is -0.507 e. The molecule has 1 aromatic carbocycles. The highest BCUT2D eigenvalue weighted by Crippen LogP contribution is 2.12. The standard InChI is InChI=1S/C17H20N2O2/c1-3-7-16(20)14(4-2)12-18-10-11-19-13-15-8-5-6-9-17(15)21/h3-9,12-13,20-21H,2,10-11H2,1H3/b7-3-,16-14-,18-12+,19-13+. The van der Waals surface area contributed by atoms with Gasteiger partial charge in [0.25, 0.3) is 0 Å². The molecule has 1 aromatic rings. The summed E-state index contributed by atoms with van der Waals surface area (Å²) in [5, 5.41) is 19.2. The van der Waals surface area contributed by atoms with Gasteiger partial charge in [-0.1, -0.05) is 30.9 Å². The van der Waals surface area contributed by atoms with Crippen molar-refractivity contribution in [2.45, 2.75) is 6.92 Å². The molecule has 0 atom stereocenters. The van der Waals surface area contributed by atoms with E-state index in [4.69, 9.17) is 0 Å². The van der Waals surface area contributed by atoms with Crippen LogP contribution in [0.15, 0.2) is 70.4 Å². The van der Waals surface area contributed by atoms with E-state index in [0.29, 0.717) is 24.2 Å². The Bertz CT molecular complexity index is 584. The lowest BCUT2D eigenvalue weighted by Crippen LogP contribution is -1.92. The molecule has 0 aliphatic carbocycles. The highest BCUT2D eigenvalue weighted by atomic mass is 16.3. The van der Waals surface area contributed by atoms with Crippen molar-refractivity contribution < 1.29 is 10.2 Å². The Balaban J connectivity index is 2.50. The second-order valence-corrected chi connectivity index (χ2v) is 4.17. The predicted octanol–water partition coefficient (Wildman–Crippen LogP) is 3.46. The smallest absolute Gasteiger partial charge is 0.124 e. The maximum atomic E-state index is 9.66. The fraction of sp³-hybridized carbons (Fsp3) is 0.176. The summed E-state index contributed by atoms with van der Waals surface area (Å²) in [5.74, 6) is 0.340. The molecule has 0 radical (unpaired) electrons. The zero-order chi connectivity index (χ0) is 15.5. The van der Waals surface area contributed by atoms with Crippen LogP contribution in [0.1, 0.15) is 12.5 Å². The first-order chi connectivity index (χ1) is 10.2. The van der Waals surface area contributed by atoms with Gasteiger partial charge >= 0.3 is 0 Å². The number of benzene rings is 1. The van der Waals surface area contributed by atoms with Gasteiger partial charge in [-0.2, -0.15) is 0 Å². The van der Waals surface area contributed by atoms with Gasteiger partial charge in [0.2, 0.25) is 0 Å². The van der Waals surface area contributed by atoms with Gasteiger partial charge in [-0.15, -0.1) is 0 Å². The predicted molar refractivity (Wildman–Crippen MR) is 88.6 cm³/mol. The number of para-hydroxylation sites is 1. The van der Waals surface area contributed by atoms with E-state index in [9.17, 15) is 10.2 Å². The number of hydrogen-bond donors (Lipinski definition) is 2. The summed E-state index contributed by atoms with van der Waals surface area (Å²) in [6, 6.07) is 7.00. The molecule has 0 saturated carbocycles. The molecule has 1 rings (SSSR count). The normalized spacial score (nSPS) is 13.2. The lowest BCUT2D eigenvalue weighted by molar-refractivity contribution is 0.430. The lowest BCUT2D eigenvalue weighted by Gasteiger charge is -1.97. The number of allylic oxidation sites excluding steroid dienone is 4. The maximum Gasteiger partial charge on any atom is 0.124 e. The van der Waals surface area contributed by atoms with Crippen molar-refractivity contribution >= 4 is 12.4 Å². The first-order valence-corrected chi connectivity index (χ1v) is 6.65. The van der Waals surface area contributed by atoms with Gasteiger partial charge in [0, 0.05) is 23.6 Å². The van der Waals surface area contributed by atoms with Gasteiger partial charge in [0.1, 0.15) is 11.5 Å². The molecular weight excluding hydrogens is 264 g/mol. The van der Waals surface area contributed by atoms with Crippen molar-refractivity contribution in [3.05, 3.63) is 66.0 Å². The maximum absolute atomic E-state index is 9.66. The molecule has 110 valence electrons. The minimum absolute atomic E-state index is 0.133. The molecule has 4 nitrogen and oxygen atoms in total. The Morgan fingerprint density at radius 2 is 1.95 bits per heavy atom. The third kappa shape index (κ3) is 5.91. The monoisotopic (exact) mass is 284 g/mol. The first-order valence-electron chi connectivity index (χ1n) is 6.65. The Kier molecular flexibility index (Phi) is 7.29. The molecule has 0 amide bonds. The van der Waals surface area contributed by atoms with Gasteiger partial charge in [-0.05, 0) is 25.1 Å². The van der Waals surface area contributed by atoms with Crippen LogP contribution in [0.4, 0.5) is 0 Å². The molecule has 2 N–H and O–H groups in total. The van der Waals surface area contributed by atoms with Crippen LogP contribution in [-0.4, -0.2) is 35.7 Å². The molecule has 0 unspecified atom stereocenters. The number of phenols is 1. The highest BCUT2D eigenvalue weighted by molar-refractivity contribution is 5.84. The molecule has 0 fully saturated rings. The molecule has 4 heteroatoms. The van der Waals surface area contributed by atoms with Crippen molar-refractivity contribution in [1.82, 2.24) is 0 Å². The fourth-order valence-electron chi connectivity index (χ4n) is 1.52. The zero-order valence-corrected chi connectivity index (χ0v) is 12.1. The van der Waals surface area contributed by atoms with E-state index in [1.54, 1.807) is 48.9 Å². The molecular formula is C17H20N2O2. The van der Waals surface area contributed by atoms with Crippen molar-refractivity contribution in [3.63, 3.8) is 0 Å². The van der Waals surface area contributed by atoms with E-state index in [2.05, 4.69) is 16.6 Å². The Morgan fingerprint density at radius 1 is 1.24 bits per heavy atom. The van der Waals surface area contributed by atoms with Crippen LogP contribution in [0.5, 0.6) is 5.75 Å². The summed E-state index contributed by atoms with van der Waals surface area (Å²) in [6.45, 7) is 6.44. The van der Waals surface area contributed by atoms with Gasteiger partial charge in [0.05, 0.1) is 13.1 Å². The van der Waals surface area contributed by atoms with Crippen LogP contribution in [-0.2, 0) is 0 Å². The summed E-state index contributed by atoms with van der Waals surface area (Å²) < 4.78 is 0. The lowest BCUT2D eigenvalue weighted by atomic mass is 10.2. The largest absolute Gasteiger partial charge is 0.507 e. The number of hydrogen-bond acceptors (Lipinski definition) is 4. The molecule has 0 aromatic heterocycles. The second-order valence-electron chi connectivity index (χ2n) is 4.17. The number of phenolic OH excluding ortho intramolecular Hbond substituents is 1. The van der Waals surface area contributed by atoms with Crippen LogP contribution < -0.4 is 0 Å². The quantitative estimate of drug-likeness (QED) is 0.348. The average Bonchev–Trinajstić information content (AvgIpc) is 2.48. The molecule has 0 spiro atoms. The van der Waals surface area contributed by atoms with Crippen LogP contribution in [0.2, 0.25) is 0 Å². The molecule has 0 aliphatic rings. The number of aromatic hydroxyl groups is 1. The zero-order valence-electron chi connectivity index (χ0n) is 12.1. The van der Waals surface area contributed by atoms with Crippen molar-refractivity contribution in [2.24, 2.45) is 9.98 Å². The number of rotatable bonds is 7. The van der Waals surface area contributed by atoms with Crippen LogP contribution in [0, 0.1) is 0 Å². The molecule has 0 heterocycles. The van der Waals surface area contributed by atoms with Gasteiger partial charge < -0.3 is 10.2 Å². The summed E-state index contributed by atoms with van der Waals surface area (Å²) in [5.41, 5.74) is 1.25. The van der Waals surface area contributed by atoms with E-state index >= 15 is 0 Å². The second kappa shape index (κ2) is 9.31. The topological polar surface area (TPSA) is 65.2 Å². The van der Waals surface area contributed by atoms with Gasteiger partial charge in [0.15, 0.2) is 0 Å². The van der Waals surface area contributed by atoms with E-state index in [0.717, 1.165) is 0 Å². The highest BCUT2D eigenvalue weighted by Gasteiger charge is 1.95. The van der Waals surface area contributed by atoms with Crippen LogP contribution >= 0.6 is 0 Å². The summed E-state index contributed by atoms with van der Waals surface area (Å²) >= 11 is 0. The van der Waals surface area contributed by atoms with Gasteiger partial charge in [-0.25, -0.2) is 0 Å². The van der Waals surface area contributed by atoms with E-state index in [1.165, 1.54) is 0 Å². The Hall–Kier alpha value is -2.62. The first kappa shape index (κ1) is 16.4. The summed E-state index contributed by atoms with van der Waals surface area (Å²) in [7, 11) is 0. The minimum atomic E-state index is 0.133. The third-order valence-electron chi connectivity index (χ3n) is 2.60. The van der Waals surface area contributed by atoms with E-state index in [-0.39, 0.29) is 11.5 Å². The number of aliphatic hydroxyl groups is 1. The SMILES string of the molecule is C=CC(/C=N/CC/N=C/c1ccccc1O)=C(O)\C=C/C. The fourth-order valence-corrected chi connectivity index (χ4v) is 1.52. The van der Waals surface area contributed by atoms with Crippen LogP contribution in [0.25, 0.3) is 0 Å². The Morgan fingerprint density at radius 3 is 2.62 bits per heavy atom. The summed E-state index contributed by atoms with van der Waals surface area (Å²) in [6.07, 6.45) is 8.05. The molecule has 21 heavy (non-hydrogen) atoms. The number of aliphatic hydroxyl groups excluding tert-OH is 1. The van der Waals surface area contributed by atoms with Crippen molar-refractivity contribution in [1.29, 1.82) is 0 Å². The molecule has 0 bridgehead atoms.